The lowest BCUT2D eigenvalue weighted by molar-refractivity contribution is -0.117. The van der Waals surface area contributed by atoms with Gasteiger partial charge < -0.3 is 14.7 Å². The van der Waals surface area contributed by atoms with Gasteiger partial charge in [0.2, 0.25) is 5.91 Å². The van der Waals surface area contributed by atoms with Crippen LogP contribution in [0.3, 0.4) is 0 Å². The molecule has 0 atom stereocenters. The first kappa shape index (κ1) is 19.2. The van der Waals surface area contributed by atoms with Crippen LogP contribution in [-0.2, 0) is 4.79 Å². The Hall–Kier alpha value is -2.75. The molecule has 0 radical (unpaired) electrons. The molecule has 5 rings (SSSR count). The fraction of sp³-hybridized carbons (Fsp3) is 0.286. The zero-order valence-electron chi connectivity index (χ0n) is 16.4. The summed E-state index contributed by atoms with van der Waals surface area (Å²) in [4.78, 5) is 29.9. The molecule has 0 spiro atoms. The van der Waals surface area contributed by atoms with Gasteiger partial charge in [-0.15, -0.1) is 22.7 Å². The van der Waals surface area contributed by atoms with Crippen LogP contribution in [-0.4, -0.2) is 59.5 Å². The number of hydrogen-bond acceptors (Lipinski definition) is 7. The third kappa shape index (κ3) is 3.71. The van der Waals surface area contributed by atoms with Crippen LogP contribution in [0.25, 0.3) is 19.5 Å². The van der Waals surface area contributed by atoms with Crippen molar-refractivity contribution < 1.29 is 14.1 Å². The van der Waals surface area contributed by atoms with Gasteiger partial charge in [-0.3, -0.25) is 14.5 Å². The molecule has 0 unspecified atom stereocenters. The van der Waals surface area contributed by atoms with Crippen LogP contribution in [0.2, 0.25) is 0 Å². The Morgan fingerprint density at radius 2 is 1.90 bits per heavy atom. The van der Waals surface area contributed by atoms with Crippen LogP contribution in [0.1, 0.15) is 15.4 Å². The molecule has 2 amide bonds. The fourth-order valence-corrected chi connectivity index (χ4v) is 6.17. The van der Waals surface area contributed by atoms with Crippen LogP contribution in [0.5, 0.6) is 0 Å². The maximum Gasteiger partial charge on any atom is 0.264 e. The van der Waals surface area contributed by atoms with Crippen molar-refractivity contribution in [1.29, 1.82) is 0 Å². The van der Waals surface area contributed by atoms with Crippen molar-refractivity contribution in [3.63, 3.8) is 0 Å². The number of rotatable bonds is 4. The molecular weight excluding hydrogens is 420 g/mol. The number of aromatic nitrogens is 1. The lowest BCUT2D eigenvalue weighted by Gasteiger charge is -2.34. The maximum atomic E-state index is 13.0. The average Bonchev–Trinajstić information content (AvgIpc) is 3.42. The quantitative estimate of drug-likeness (QED) is 0.522. The van der Waals surface area contributed by atoms with Crippen LogP contribution >= 0.6 is 22.7 Å². The Bertz CT molecular complexity index is 1230. The first-order chi connectivity index (χ1) is 14.6. The normalized spacial score (nSPS) is 15.2. The van der Waals surface area contributed by atoms with E-state index in [1.165, 1.54) is 19.5 Å². The first-order valence-corrected chi connectivity index (χ1v) is 11.4. The van der Waals surface area contributed by atoms with Gasteiger partial charge in [0.25, 0.3) is 5.91 Å². The van der Waals surface area contributed by atoms with Crippen LogP contribution in [0, 0.1) is 6.92 Å². The second-order valence-corrected chi connectivity index (χ2v) is 9.48. The summed E-state index contributed by atoms with van der Waals surface area (Å²) in [6, 6.07) is 12.0. The maximum absolute atomic E-state index is 13.0. The van der Waals surface area contributed by atoms with Gasteiger partial charge in [-0.1, -0.05) is 23.4 Å². The molecule has 154 valence electrons. The number of hydrogen-bond donors (Lipinski definition) is 1. The van der Waals surface area contributed by atoms with Crippen LogP contribution < -0.4 is 5.32 Å². The molecule has 9 heteroatoms. The molecule has 3 aromatic heterocycles. The van der Waals surface area contributed by atoms with E-state index in [4.69, 9.17) is 4.52 Å². The molecule has 7 nitrogen and oxygen atoms in total. The van der Waals surface area contributed by atoms with Gasteiger partial charge in [-0.25, -0.2) is 0 Å². The van der Waals surface area contributed by atoms with E-state index >= 15 is 0 Å². The minimum absolute atomic E-state index is 0.0784. The second kappa shape index (κ2) is 7.82. The van der Waals surface area contributed by atoms with Crippen molar-refractivity contribution in [2.75, 3.05) is 38.0 Å². The van der Waals surface area contributed by atoms with Crippen molar-refractivity contribution in [1.82, 2.24) is 15.0 Å². The van der Waals surface area contributed by atoms with E-state index in [9.17, 15) is 9.59 Å². The summed E-state index contributed by atoms with van der Waals surface area (Å²) in [6.45, 7) is 4.61. The number of fused-ring (bicyclic) bond motifs is 3. The van der Waals surface area contributed by atoms with E-state index in [2.05, 4.69) is 22.6 Å². The highest BCUT2D eigenvalue weighted by Crippen LogP contribution is 2.39. The van der Waals surface area contributed by atoms with Crippen molar-refractivity contribution in [2.24, 2.45) is 0 Å². The molecule has 1 N–H and O–H groups in total. The van der Waals surface area contributed by atoms with Crippen molar-refractivity contribution in [3.05, 3.63) is 47.0 Å². The molecule has 0 saturated carbocycles. The average molecular weight is 441 g/mol. The van der Waals surface area contributed by atoms with E-state index in [1.54, 1.807) is 35.7 Å². The standard InChI is InChI=1S/C21H20N4O3S2/c1-13-10-18(23-28-13)22-19(26)12-24-6-8-25(9-7-24)21(27)17-11-16-20(30-17)14-4-2-3-5-15(14)29-16/h2-5,10-11H,6-9,12H2,1H3,(H,22,23,26). The SMILES string of the molecule is Cc1cc(NC(=O)CN2CCN(C(=O)c3cc4sc5ccccc5c4s3)CC2)no1. The number of aryl methyl sites for hydroxylation is 1. The van der Waals surface area contributed by atoms with Crippen LogP contribution in [0.15, 0.2) is 40.9 Å². The molecule has 0 bridgehead atoms. The smallest absolute Gasteiger partial charge is 0.264 e. The zero-order chi connectivity index (χ0) is 20.7. The fourth-order valence-electron chi connectivity index (χ4n) is 3.68. The lowest BCUT2D eigenvalue weighted by atomic mass is 10.2. The highest BCUT2D eigenvalue weighted by molar-refractivity contribution is 7.33. The largest absolute Gasteiger partial charge is 0.360 e. The van der Waals surface area contributed by atoms with Gasteiger partial charge >= 0.3 is 0 Å². The van der Waals surface area contributed by atoms with E-state index in [0.717, 1.165) is 4.88 Å². The Morgan fingerprint density at radius 3 is 2.67 bits per heavy atom. The molecule has 1 fully saturated rings. The summed E-state index contributed by atoms with van der Waals surface area (Å²) in [5.74, 6) is 1.03. The summed E-state index contributed by atoms with van der Waals surface area (Å²) >= 11 is 3.31. The Kier molecular flexibility index (Phi) is 5.01. The zero-order valence-corrected chi connectivity index (χ0v) is 18.0. The number of thiophene rings is 2. The van der Waals surface area contributed by atoms with Crippen molar-refractivity contribution in [3.8, 4) is 0 Å². The molecule has 1 saturated heterocycles. The Morgan fingerprint density at radius 1 is 1.10 bits per heavy atom. The number of piperazine rings is 1. The molecule has 1 aliphatic rings. The van der Waals surface area contributed by atoms with Gasteiger partial charge in [0.15, 0.2) is 5.82 Å². The summed E-state index contributed by atoms with van der Waals surface area (Å²) < 4.78 is 8.57. The van der Waals surface area contributed by atoms with Gasteiger partial charge in [-0.05, 0) is 19.1 Å². The first-order valence-electron chi connectivity index (χ1n) is 9.73. The van der Waals surface area contributed by atoms with Crippen LogP contribution in [0.4, 0.5) is 5.82 Å². The third-order valence-corrected chi connectivity index (χ3v) is 7.59. The van der Waals surface area contributed by atoms with Crippen molar-refractivity contribution in [2.45, 2.75) is 6.92 Å². The molecule has 1 aromatic carbocycles. The number of benzene rings is 1. The predicted molar refractivity (Wildman–Crippen MR) is 119 cm³/mol. The van der Waals surface area contributed by atoms with Gasteiger partial charge in [0.1, 0.15) is 5.76 Å². The number of carbonyl (C=O) groups excluding carboxylic acids is 2. The number of carbonyl (C=O) groups is 2. The Labute approximate surface area is 180 Å². The summed E-state index contributed by atoms with van der Waals surface area (Å²) in [5.41, 5.74) is 0. The molecule has 1 aliphatic heterocycles. The molecular formula is C21H20N4O3S2. The minimum atomic E-state index is -0.131. The Balaban J connectivity index is 1.19. The van der Waals surface area contributed by atoms with E-state index in [1.807, 2.05) is 28.0 Å². The van der Waals surface area contributed by atoms with E-state index < -0.39 is 0 Å². The number of nitrogens with one attached hydrogen (secondary N) is 1. The number of anilines is 1. The summed E-state index contributed by atoms with van der Waals surface area (Å²) in [7, 11) is 0. The molecule has 0 aliphatic carbocycles. The highest BCUT2D eigenvalue weighted by Gasteiger charge is 2.25. The molecule has 4 heterocycles. The van der Waals surface area contributed by atoms with Gasteiger partial charge in [0.05, 0.1) is 16.1 Å². The highest BCUT2D eigenvalue weighted by atomic mass is 32.1. The molecule has 30 heavy (non-hydrogen) atoms. The second-order valence-electron chi connectivity index (χ2n) is 7.34. The van der Waals surface area contributed by atoms with E-state index in [-0.39, 0.29) is 18.4 Å². The molecule has 4 aromatic rings. The number of nitrogens with zero attached hydrogens (tertiary/aromatic N) is 3. The summed E-state index contributed by atoms with van der Waals surface area (Å²) in [6.07, 6.45) is 0. The third-order valence-electron chi connectivity index (χ3n) is 5.18. The van der Waals surface area contributed by atoms with Crippen molar-refractivity contribution >= 4 is 59.8 Å². The van der Waals surface area contributed by atoms with Gasteiger partial charge in [0, 0.05) is 47.0 Å². The van der Waals surface area contributed by atoms with E-state index in [0.29, 0.717) is 37.8 Å². The number of amides is 2. The lowest BCUT2D eigenvalue weighted by Crippen LogP contribution is -2.50. The topological polar surface area (TPSA) is 78.7 Å². The minimum Gasteiger partial charge on any atom is -0.360 e. The summed E-state index contributed by atoms with van der Waals surface area (Å²) in [5, 5.41) is 7.73. The van der Waals surface area contributed by atoms with Gasteiger partial charge in [-0.2, -0.15) is 0 Å². The predicted octanol–water partition coefficient (Wildman–Crippen LogP) is 3.81. The monoisotopic (exact) mass is 440 g/mol.